The molecule has 2 saturated carbocycles. The van der Waals surface area contributed by atoms with Gasteiger partial charge in [-0.15, -0.1) is 0 Å². The highest BCUT2D eigenvalue weighted by Gasteiger charge is 2.42. The van der Waals surface area contributed by atoms with Crippen LogP contribution in [0.1, 0.15) is 56.4 Å². The van der Waals surface area contributed by atoms with Gasteiger partial charge in [0.05, 0.1) is 23.3 Å². The van der Waals surface area contributed by atoms with E-state index in [9.17, 15) is 9.90 Å². The Kier molecular flexibility index (Phi) is 5.10. The molecule has 2 aliphatic carbocycles. The van der Waals surface area contributed by atoms with Gasteiger partial charge in [0, 0.05) is 17.4 Å². The molecule has 1 unspecified atom stereocenters. The summed E-state index contributed by atoms with van der Waals surface area (Å²) >= 11 is 6.45. The molecule has 5 nitrogen and oxygen atoms in total. The lowest BCUT2D eigenvalue weighted by Crippen LogP contribution is -2.31. The zero-order valence-electron chi connectivity index (χ0n) is 16.5. The van der Waals surface area contributed by atoms with Crippen molar-refractivity contribution in [2.75, 3.05) is 0 Å². The van der Waals surface area contributed by atoms with Gasteiger partial charge in [0.1, 0.15) is 17.1 Å². The summed E-state index contributed by atoms with van der Waals surface area (Å²) in [5, 5.41) is 15.4. The zero-order chi connectivity index (χ0) is 20.1. The van der Waals surface area contributed by atoms with Gasteiger partial charge in [-0.1, -0.05) is 28.9 Å². The predicted molar refractivity (Wildman–Crippen MR) is 106 cm³/mol. The molecule has 1 aromatic heterocycles. The average Bonchev–Trinajstić information content (AvgIpc) is 3.10. The minimum atomic E-state index is -1.19. The SMILES string of the molecule is Cc1cccc(Cl)c1-c1noc(C(C)(C)O)c1COC1C[C@H]2CC[C@@H](C1)C2=O. The number of fused-ring (bicyclic) bond motifs is 2. The molecule has 1 N–H and O–H groups in total. The van der Waals surface area contributed by atoms with Crippen molar-refractivity contribution in [3.05, 3.63) is 40.1 Å². The Morgan fingerprint density at radius 2 is 1.96 bits per heavy atom. The molecule has 150 valence electrons. The second-order valence-corrected chi connectivity index (χ2v) is 9.01. The number of carbonyl (C=O) groups is 1. The van der Waals surface area contributed by atoms with E-state index < -0.39 is 5.60 Å². The highest BCUT2D eigenvalue weighted by Crippen LogP contribution is 2.42. The first-order valence-corrected chi connectivity index (χ1v) is 10.3. The number of hydrogen-bond donors (Lipinski definition) is 1. The summed E-state index contributed by atoms with van der Waals surface area (Å²) in [6.07, 6.45) is 3.56. The molecule has 3 atom stereocenters. The number of Topliss-reactive ketones (excluding diaryl/α,β-unsaturated/α-hetero) is 1. The molecule has 28 heavy (non-hydrogen) atoms. The topological polar surface area (TPSA) is 72.6 Å². The maximum absolute atomic E-state index is 12.1. The molecule has 6 heteroatoms. The van der Waals surface area contributed by atoms with Crippen LogP contribution in [0.5, 0.6) is 0 Å². The van der Waals surface area contributed by atoms with E-state index in [2.05, 4.69) is 5.16 Å². The van der Waals surface area contributed by atoms with Crippen molar-refractivity contribution in [1.29, 1.82) is 0 Å². The Bertz CT molecular complexity index is 862. The smallest absolute Gasteiger partial charge is 0.173 e. The van der Waals surface area contributed by atoms with Gasteiger partial charge in [-0.2, -0.15) is 0 Å². The van der Waals surface area contributed by atoms with Crippen molar-refractivity contribution in [1.82, 2.24) is 5.16 Å². The minimum absolute atomic E-state index is 0.0416. The fourth-order valence-electron chi connectivity index (χ4n) is 4.61. The lowest BCUT2D eigenvalue weighted by Gasteiger charge is -2.27. The number of ether oxygens (including phenoxy) is 1. The summed E-state index contributed by atoms with van der Waals surface area (Å²) in [7, 11) is 0. The molecular weight excluding hydrogens is 378 g/mol. The maximum Gasteiger partial charge on any atom is 0.173 e. The summed E-state index contributed by atoms with van der Waals surface area (Å²) in [4.78, 5) is 12.1. The fourth-order valence-corrected chi connectivity index (χ4v) is 4.92. The van der Waals surface area contributed by atoms with Crippen molar-refractivity contribution in [2.24, 2.45) is 11.8 Å². The minimum Gasteiger partial charge on any atom is -0.382 e. The average molecular weight is 404 g/mol. The molecule has 2 fully saturated rings. The van der Waals surface area contributed by atoms with Crippen molar-refractivity contribution in [3.8, 4) is 11.3 Å². The Morgan fingerprint density at radius 3 is 2.57 bits per heavy atom. The molecule has 4 rings (SSSR count). The van der Waals surface area contributed by atoms with Crippen LogP contribution < -0.4 is 0 Å². The van der Waals surface area contributed by atoms with E-state index in [1.807, 2.05) is 25.1 Å². The zero-order valence-corrected chi connectivity index (χ0v) is 17.3. The van der Waals surface area contributed by atoms with Gasteiger partial charge in [0.15, 0.2) is 5.76 Å². The van der Waals surface area contributed by atoms with Crippen LogP contribution in [0, 0.1) is 18.8 Å². The van der Waals surface area contributed by atoms with Crippen molar-refractivity contribution >= 4 is 17.4 Å². The Morgan fingerprint density at radius 1 is 1.29 bits per heavy atom. The first-order chi connectivity index (χ1) is 13.3. The molecule has 0 spiro atoms. The van der Waals surface area contributed by atoms with Crippen LogP contribution in [0.3, 0.4) is 0 Å². The lowest BCUT2D eigenvalue weighted by atomic mass is 9.86. The van der Waals surface area contributed by atoms with Crippen LogP contribution >= 0.6 is 11.6 Å². The van der Waals surface area contributed by atoms with Crippen LogP contribution in [0.2, 0.25) is 5.02 Å². The number of carbonyl (C=O) groups excluding carboxylic acids is 1. The molecule has 0 aliphatic heterocycles. The number of hydrogen-bond acceptors (Lipinski definition) is 5. The molecule has 1 heterocycles. The Balaban J connectivity index is 1.64. The van der Waals surface area contributed by atoms with Gasteiger partial charge >= 0.3 is 0 Å². The van der Waals surface area contributed by atoms with Crippen LogP contribution in [0.4, 0.5) is 0 Å². The number of aromatic nitrogens is 1. The highest BCUT2D eigenvalue weighted by molar-refractivity contribution is 6.33. The number of benzene rings is 1. The first-order valence-electron chi connectivity index (χ1n) is 9.88. The second kappa shape index (κ2) is 7.29. The largest absolute Gasteiger partial charge is 0.382 e. The van der Waals surface area contributed by atoms with Gasteiger partial charge in [-0.05, 0) is 58.1 Å². The number of aliphatic hydroxyl groups is 1. The number of halogens is 1. The summed E-state index contributed by atoms with van der Waals surface area (Å²) in [5.41, 5.74) is 1.90. The second-order valence-electron chi connectivity index (χ2n) is 8.61. The highest BCUT2D eigenvalue weighted by atomic mass is 35.5. The fraction of sp³-hybridized carbons (Fsp3) is 0.545. The monoisotopic (exact) mass is 403 g/mol. The standard InChI is InChI=1S/C22H26ClNO4/c1-12-5-4-6-17(23)18(12)19-16(21(28-24-19)22(2,3)26)11-27-15-9-13-7-8-14(10-15)20(13)25/h4-6,13-15,26H,7-11H2,1-3H3/t13-,14+,15?. The number of ketones is 1. The van der Waals surface area contributed by atoms with E-state index in [1.165, 1.54) is 0 Å². The third-order valence-corrected chi connectivity index (χ3v) is 6.34. The molecule has 0 amide bonds. The molecule has 0 radical (unpaired) electrons. The summed E-state index contributed by atoms with van der Waals surface area (Å²) in [6.45, 7) is 5.56. The Hall–Kier alpha value is -1.69. The van der Waals surface area contributed by atoms with E-state index in [0.29, 0.717) is 27.8 Å². The van der Waals surface area contributed by atoms with E-state index >= 15 is 0 Å². The van der Waals surface area contributed by atoms with Gasteiger partial charge in [0.25, 0.3) is 0 Å². The van der Waals surface area contributed by atoms with Crippen LogP contribution in [0.25, 0.3) is 11.3 Å². The summed E-state index contributed by atoms with van der Waals surface area (Å²) in [6, 6.07) is 5.68. The number of rotatable bonds is 5. The third kappa shape index (κ3) is 3.51. The van der Waals surface area contributed by atoms with Crippen molar-refractivity contribution < 1.29 is 19.2 Å². The normalized spacial score (nSPS) is 24.8. The predicted octanol–water partition coefficient (Wildman–Crippen LogP) is 4.81. The van der Waals surface area contributed by atoms with Crippen LogP contribution in [-0.4, -0.2) is 22.2 Å². The Labute approximate surface area is 170 Å². The molecular formula is C22H26ClNO4. The van der Waals surface area contributed by atoms with Gasteiger partial charge in [0.2, 0.25) is 0 Å². The van der Waals surface area contributed by atoms with E-state index in [1.54, 1.807) is 13.8 Å². The molecule has 2 aromatic rings. The summed E-state index contributed by atoms with van der Waals surface area (Å²) < 4.78 is 11.8. The lowest BCUT2D eigenvalue weighted by molar-refractivity contribution is -0.130. The van der Waals surface area contributed by atoms with Crippen molar-refractivity contribution in [2.45, 2.75) is 64.8 Å². The molecule has 1 aromatic carbocycles. The van der Waals surface area contributed by atoms with Crippen LogP contribution in [-0.2, 0) is 21.7 Å². The van der Waals surface area contributed by atoms with E-state index in [0.717, 1.165) is 36.8 Å². The van der Waals surface area contributed by atoms with E-state index in [-0.39, 0.29) is 24.5 Å². The van der Waals surface area contributed by atoms with Crippen molar-refractivity contribution in [3.63, 3.8) is 0 Å². The van der Waals surface area contributed by atoms with Gasteiger partial charge in [-0.3, -0.25) is 4.79 Å². The molecule has 0 saturated heterocycles. The quantitative estimate of drug-likeness (QED) is 0.775. The number of nitrogens with zero attached hydrogens (tertiary/aromatic N) is 1. The number of aryl methyl sites for hydroxylation is 1. The van der Waals surface area contributed by atoms with Gasteiger partial charge < -0.3 is 14.4 Å². The third-order valence-electron chi connectivity index (χ3n) is 6.03. The maximum atomic E-state index is 12.1. The van der Waals surface area contributed by atoms with Gasteiger partial charge in [-0.25, -0.2) is 0 Å². The molecule has 2 aliphatic rings. The first kappa shape index (κ1) is 19.6. The van der Waals surface area contributed by atoms with E-state index in [4.69, 9.17) is 20.9 Å². The summed E-state index contributed by atoms with van der Waals surface area (Å²) in [5.74, 6) is 1.08. The van der Waals surface area contributed by atoms with Crippen LogP contribution in [0.15, 0.2) is 22.7 Å². The molecule has 2 bridgehead atoms.